The Kier molecular flexibility index (Phi) is 3.69. The molecule has 1 rings (SSSR count). The van der Waals surface area contributed by atoms with E-state index < -0.39 is 0 Å². The topological polar surface area (TPSA) is 47.6 Å². The highest BCUT2D eigenvalue weighted by atomic mass is 16.5. The van der Waals surface area contributed by atoms with Gasteiger partial charge in [-0.25, -0.2) is 0 Å². The molecule has 0 bridgehead atoms. The zero-order chi connectivity index (χ0) is 9.73. The van der Waals surface area contributed by atoms with Crippen molar-refractivity contribution in [3.05, 3.63) is 0 Å². The van der Waals surface area contributed by atoms with Crippen molar-refractivity contribution in [3.8, 4) is 0 Å². The van der Waals surface area contributed by atoms with Crippen molar-refractivity contribution < 1.29 is 14.3 Å². The monoisotopic (exact) mass is 187 g/mol. The number of carbonyl (C=O) groups excluding carboxylic acids is 1. The highest BCUT2D eigenvalue weighted by Crippen LogP contribution is 2.16. The van der Waals surface area contributed by atoms with Gasteiger partial charge in [0.15, 0.2) is 0 Å². The maximum atomic E-state index is 11.0. The van der Waals surface area contributed by atoms with E-state index in [1.165, 1.54) is 0 Å². The number of esters is 1. The van der Waals surface area contributed by atoms with Crippen LogP contribution in [0.4, 0.5) is 0 Å². The lowest BCUT2D eigenvalue weighted by atomic mass is 10.0. The van der Waals surface area contributed by atoms with E-state index in [0.29, 0.717) is 13.2 Å². The normalized spacial score (nSPS) is 27.5. The van der Waals surface area contributed by atoms with E-state index in [9.17, 15) is 4.79 Å². The molecule has 1 N–H and O–H groups in total. The zero-order valence-corrected chi connectivity index (χ0v) is 8.26. The van der Waals surface area contributed by atoms with Crippen molar-refractivity contribution in [1.82, 2.24) is 5.32 Å². The molecule has 4 heteroatoms. The largest absolute Gasteiger partial charge is 0.465 e. The van der Waals surface area contributed by atoms with Crippen molar-refractivity contribution in [2.45, 2.75) is 25.8 Å². The first-order valence-electron chi connectivity index (χ1n) is 4.65. The molecule has 1 aliphatic rings. The van der Waals surface area contributed by atoms with Crippen LogP contribution in [-0.4, -0.2) is 37.9 Å². The van der Waals surface area contributed by atoms with E-state index in [4.69, 9.17) is 9.47 Å². The summed E-state index contributed by atoms with van der Waals surface area (Å²) in [4.78, 5) is 11.0. The molecular formula is C9H17NO3. The number of hydrogen-bond acceptors (Lipinski definition) is 4. The first-order chi connectivity index (χ1) is 6.16. The van der Waals surface area contributed by atoms with Crippen LogP contribution in [0.5, 0.6) is 0 Å². The summed E-state index contributed by atoms with van der Waals surface area (Å²) in [6, 6.07) is 0. The van der Waals surface area contributed by atoms with Gasteiger partial charge in [-0.05, 0) is 20.3 Å². The number of nitrogens with one attached hydrogen (secondary N) is 1. The highest BCUT2D eigenvalue weighted by Gasteiger charge is 2.29. The van der Waals surface area contributed by atoms with E-state index in [0.717, 1.165) is 13.0 Å². The minimum atomic E-state index is -0.198. The van der Waals surface area contributed by atoms with Gasteiger partial charge in [-0.15, -0.1) is 0 Å². The van der Waals surface area contributed by atoms with Crippen LogP contribution < -0.4 is 5.32 Å². The molecule has 0 spiro atoms. The molecule has 0 aromatic rings. The Morgan fingerprint density at radius 2 is 2.46 bits per heavy atom. The van der Waals surface area contributed by atoms with Crippen molar-refractivity contribution >= 4 is 5.97 Å². The Balaban J connectivity index is 2.21. The second kappa shape index (κ2) is 4.58. The molecule has 1 atom stereocenters. The summed E-state index contributed by atoms with van der Waals surface area (Å²) >= 11 is 0. The average molecular weight is 187 g/mol. The summed E-state index contributed by atoms with van der Waals surface area (Å²) in [7, 11) is 0. The average Bonchev–Trinajstić information content (AvgIpc) is 2.51. The molecular weight excluding hydrogens is 170 g/mol. The molecule has 1 saturated heterocycles. The van der Waals surface area contributed by atoms with E-state index in [-0.39, 0.29) is 18.1 Å². The second-order valence-corrected chi connectivity index (χ2v) is 3.52. The molecule has 0 aliphatic carbocycles. The number of ether oxygens (including phenoxy) is 2. The maximum absolute atomic E-state index is 11.0. The van der Waals surface area contributed by atoms with Gasteiger partial charge in [0.25, 0.3) is 0 Å². The summed E-state index contributed by atoms with van der Waals surface area (Å²) < 4.78 is 10.0. The van der Waals surface area contributed by atoms with Crippen LogP contribution in [0, 0.1) is 0 Å². The fourth-order valence-corrected chi connectivity index (χ4v) is 1.30. The lowest BCUT2D eigenvalue weighted by Crippen LogP contribution is -2.45. The Hall–Kier alpha value is -0.610. The molecule has 0 aromatic carbocycles. The molecule has 1 unspecified atom stereocenters. The number of carbonyl (C=O) groups is 1. The Morgan fingerprint density at radius 3 is 3.00 bits per heavy atom. The highest BCUT2D eigenvalue weighted by molar-refractivity contribution is 5.71. The van der Waals surface area contributed by atoms with Crippen LogP contribution in [0.1, 0.15) is 20.3 Å². The molecule has 1 heterocycles. The third kappa shape index (κ3) is 3.32. The summed E-state index contributed by atoms with van der Waals surface area (Å²) in [6.45, 7) is 6.01. The molecule has 0 amide bonds. The fourth-order valence-electron chi connectivity index (χ4n) is 1.30. The molecule has 0 radical (unpaired) electrons. The van der Waals surface area contributed by atoms with Crippen LogP contribution in [-0.2, 0) is 14.3 Å². The lowest BCUT2D eigenvalue weighted by molar-refractivity contribution is -0.142. The smallest absolute Gasteiger partial charge is 0.319 e. The van der Waals surface area contributed by atoms with Gasteiger partial charge in [0.1, 0.15) is 0 Å². The molecule has 1 fully saturated rings. The maximum Gasteiger partial charge on any atom is 0.319 e. The Labute approximate surface area is 78.6 Å². The zero-order valence-electron chi connectivity index (χ0n) is 8.26. The van der Waals surface area contributed by atoms with Crippen LogP contribution in [0.15, 0.2) is 0 Å². The third-order valence-corrected chi connectivity index (χ3v) is 2.18. The Morgan fingerprint density at radius 1 is 1.69 bits per heavy atom. The number of hydrogen-bond donors (Lipinski definition) is 1. The molecule has 13 heavy (non-hydrogen) atoms. The lowest BCUT2D eigenvalue weighted by Gasteiger charge is -2.22. The van der Waals surface area contributed by atoms with Gasteiger partial charge in [-0.2, -0.15) is 0 Å². The van der Waals surface area contributed by atoms with Gasteiger partial charge >= 0.3 is 5.97 Å². The molecule has 1 aliphatic heterocycles. The van der Waals surface area contributed by atoms with Crippen molar-refractivity contribution in [1.29, 1.82) is 0 Å². The summed E-state index contributed by atoms with van der Waals surface area (Å²) in [6.07, 6.45) is 0.951. The predicted octanol–water partition coefficient (Wildman–Crippen LogP) is 0.318. The molecule has 4 nitrogen and oxygen atoms in total. The van der Waals surface area contributed by atoms with Crippen LogP contribution >= 0.6 is 0 Å². The van der Waals surface area contributed by atoms with Crippen molar-refractivity contribution in [3.63, 3.8) is 0 Å². The standard InChI is InChI=1S/C9H17NO3/c1-3-13-8(11)6-10-9(2)4-5-12-7-9/h10H,3-7H2,1-2H3. The van der Waals surface area contributed by atoms with E-state index in [1.807, 2.05) is 0 Å². The van der Waals surface area contributed by atoms with Crippen molar-refractivity contribution in [2.75, 3.05) is 26.4 Å². The summed E-state index contributed by atoms with van der Waals surface area (Å²) in [5, 5.41) is 3.14. The second-order valence-electron chi connectivity index (χ2n) is 3.52. The third-order valence-electron chi connectivity index (χ3n) is 2.18. The van der Waals surface area contributed by atoms with E-state index in [1.54, 1.807) is 6.92 Å². The van der Waals surface area contributed by atoms with Crippen LogP contribution in [0.2, 0.25) is 0 Å². The molecule has 0 saturated carbocycles. The van der Waals surface area contributed by atoms with Crippen molar-refractivity contribution in [2.24, 2.45) is 0 Å². The fraction of sp³-hybridized carbons (Fsp3) is 0.889. The molecule has 76 valence electrons. The van der Waals surface area contributed by atoms with Gasteiger partial charge < -0.3 is 9.47 Å². The van der Waals surface area contributed by atoms with Gasteiger partial charge in [-0.1, -0.05) is 0 Å². The van der Waals surface area contributed by atoms with E-state index in [2.05, 4.69) is 12.2 Å². The first-order valence-corrected chi connectivity index (χ1v) is 4.65. The summed E-state index contributed by atoms with van der Waals surface area (Å²) in [5.41, 5.74) is -0.0488. The van der Waals surface area contributed by atoms with E-state index >= 15 is 0 Å². The Bertz CT molecular complexity index is 176. The van der Waals surface area contributed by atoms with Crippen LogP contribution in [0.3, 0.4) is 0 Å². The first kappa shape index (κ1) is 10.5. The number of rotatable bonds is 4. The van der Waals surface area contributed by atoms with Gasteiger partial charge in [-0.3, -0.25) is 10.1 Å². The van der Waals surface area contributed by atoms with Gasteiger partial charge in [0, 0.05) is 12.1 Å². The van der Waals surface area contributed by atoms with Crippen LogP contribution in [0.25, 0.3) is 0 Å². The SMILES string of the molecule is CCOC(=O)CNC1(C)CCOC1. The molecule has 0 aromatic heterocycles. The van der Waals surface area contributed by atoms with Gasteiger partial charge in [0.2, 0.25) is 0 Å². The van der Waals surface area contributed by atoms with Gasteiger partial charge in [0.05, 0.1) is 19.8 Å². The predicted molar refractivity (Wildman–Crippen MR) is 48.5 cm³/mol. The minimum Gasteiger partial charge on any atom is -0.465 e. The summed E-state index contributed by atoms with van der Waals surface area (Å²) in [5.74, 6) is -0.198. The minimum absolute atomic E-state index is 0.0488. The quantitative estimate of drug-likeness (QED) is 0.644.